The summed E-state index contributed by atoms with van der Waals surface area (Å²) in [5.41, 5.74) is 1.95. The second kappa shape index (κ2) is 9.78. The summed E-state index contributed by atoms with van der Waals surface area (Å²) in [5, 5.41) is 0.454. The van der Waals surface area contributed by atoms with Crippen LogP contribution in [0.4, 0.5) is 0 Å². The number of methoxy groups -OCH3 is 1. The third-order valence-corrected chi connectivity index (χ3v) is 4.02. The van der Waals surface area contributed by atoms with Gasteiger partial charge in [0.25, 0.3) is 0 Å². The molecular formula is C22H26O6. The van der Waals surface area contributed by atoms with Crippen molar-refractivity contribution in [2.24, 2.45) is 0 Å². The maximum absolute atomic E-state index is 12.4. The molecule has 0 amide bonds. The molecule has 2 rings (SSSR count). The van der Waals surface area contributed by atoms with E-state index in [0.717, 1.165) is 18.4 Å². The number of ether oxygens (including phenoxy) is 3. The van der Waals surface area contributed by atoms with Crippen molar-refractivity contribution in [3.05, 3.63) is 51.9 Å². The summed E-state index contributed by atoms with van der Waals surface area (Å²) in [6.07, 6.45) is 5.91. The van der Waals surface area contributed by atoms with Crippen LogP contribution in [0.5, 0.6) is 17.2 Å². The second-order valence-corrected chi connectivity index (χ2v) is 6.69. The molecule has 0 bridgehead atoms. The van der Waals surface area contributed by atoms with Crippen molar-refractivity contribution in [3.63, 3.8) is 0 Å². The van der Waals surface area contributed by atoms with Gasteiger partial charge in [-0.05, 0) is 51.8 Å². The zero-order chi connectivity index (χ0) is 20.7. The van der Waals surface area contributed by atoms with E-state index in [9.17, 15) is 9.59 Å². The summed E-state index contributed by atoms with van der Waals surface area (Å²) < 4.78 is 21.4. The highest BCUT2D eigenvalue weighted by Crippen LogP contribution is 2.34. The van der Waals surface area contributed by atoms with Crippen LogP contribution in [0.25, 0.3) is 11.0 Å². The summed E-state index contributed by atoms with van der Waals surface area (Å²) in [4.78, 5) is 24.0. The molecule has 1 aromatic heterocycles. The minimum absolute atomic E-state index is 0.0528. The largest absolute Gasteiger partial charge is 0.497 e. The molecule has 2 aromatic rings. The summed E-state index contributed by atoms with van der Waals surface area (Å²) in [7, 11) is 1.51. The number of allylic oxidation sites excluding steroid dienone is 3. The molecule has 0 fully saturated rings. The van der Waals surface area contributed by atoms with Gasteiger partial charge in [0.15, 0.2) is 5.75 Å². The van der Waals surface area contributed by atoms with Crippen molar-refractivity contribution >= 4 is 16.9 Å². The van der Waals surface area contributed by atoms with Crippen LogP contribution >= 0.6 is 0 Å². The van der Waals surface area contributed by atoms with Gasteiger partial charge in [-0.3, -0.25) is 4.79 Å². The van der Waals surface area contributed by atoms with Crippen molar-refractivity contribution in [1.29, 1.82) is 0 Å². The highest BCUT2D eigenvalue weighted by atomic mass is 16.6. The van der Waals surface area contributed by atoms with E-state index in [4.69, 9.17) is 18.6 Å². The molecule has 1 aromatic carbocycles. The van der Waals surface area contributed by atoms with Gasteiger partial charge in [0, 0.05) is 13.0 Å². The lowest BCUT2D eigenvalue weighted by molar-refractivity contribution is -0.131. The Labute approximate surface area is 164 Å². The van der Waals surface area contributed by atoms with Crippen LogP contribution < -0.4 is 19.8 Å². The van der Waals surface area contributed by atoms with Gasteiger partial charge in [0.05, 0.1) is 12.5 Å². The first kappa shape index (κ1) is 21.3. The first-order chi connectivity index (χ1) is 13.3. The Hall–Kier alpha value is -3.02. The third-order valence-electron chi connectivity index (χ3n) is 4.02. The molecule has 0 saturated heterocycles. The van der Waals surface area contributed by atoms with Crippen LogP contribution in [-0.4, -0.2) is 19.7 Å². The molecule has 1 heterocycles. The predicted octanol–water partition coefficient (Wildman–Crippen LogP) is 4.80. The molecule has 0 radical (unpaired) electrons. The minimum Gasteiger partial charge on any atom is -0.497 e. The summed E-state index contributed by atoms with van der Waals surface area (Å²) in [6, 6.07) is 4.90. The average molecular weight is 386 g/mol. The lowest BCUT2D eigenvalue weighted by Gasteiger charge is -2.11. The number of esters is 1. The smallest absolute Gasteiger partial charge is 0.383 e. The number of benzene rings is 1. The standard InChI is InChI=1S/C22H26O6/c1-14(2)7-6-8-15(3)11-12-26-21-20(27-16(4)23)18-10-9-17(25-5)13-19(18)28-22(21)24/h7,9-11,13H,6,8,12H2,1-5H3/b15-11+. The minimum atomic E-state index is -0.715. The summed E-state index contributed by atoms with van der Waals surface area (Å²) >= 11 is 0. The fraction of sp³-hybridized carbons (Fsp3) is 0.364. The molecule has 0 aliphatic rings. The molecular weight excluding hydrogens is 360 g/mol. The predicted molar refractivity (Wildman–Crippen MR) is 108 cm³/mol. The first-order valence-corrected chi connectivity index (χ1v) is 9.07. The van der Waals surface area contributed by atoms with Gasteiger partial charge in [-0.1, -0.05) is 17.2 Å². The van der Waals surface area contributed by atoms with Gasteiger partial charge >= 0.3 is 11.6 Å². The summed E-state index contributed by atoms with van der Waals surface area (Å²) in [6.45, 7) is 7.56. The van der Waals surface area contributed by atoms with Gasteiger partial charge < -0.3 is 18.6 Å². The van der Waals surface area contributed by atoms with Crippen LogP contribution in [0, 0.1) is 0 Å². The fourth-order valence-corrected chi connectivity index (χ4v) is 2.59. The van der Waals surface area contributed by atoms with Crippen LogP contribution in [-0.2, 0) is 4.79 Å². The molecule has 0 atom stereocenters. The van der Waals surface area contributed by atoms with Crippen molar-refractivity contribution in [2.75, 3.05) is 13.7 Å². The Balaban J connectivity index is 2.30. The van der Waals surface area contributed by atoms with Crippen molar-refractivity contribution in [3.8, 4) is 17.2 Å². The molecule has 0 N–H and O–H groups in total. The van der Waals surface area contributed by atoms with Crippen LogP contribution in [0.15, 0.2) is 50.7 Å². The summed E-state index contributed by atoms with van der Waals surface area (Å²) in [5.74, 6) is -0.104. The number of hydrogen-bond acceptors (Lipinski definition) is 6. The van der Waals surface area contributed by atoms with Gasteiger partial charge in [-0.15, -0.1) is 0 Å². The molecule has 0 saturated carbocycles. The molecule has 0 spiro atoms. The highest BCUT2D eigenvalue weighted by Gasteiger charge is 2.19. The number of carbonyl (C=O) groups excluding carboxylic acids is 1. The molecule has 150 valence electrons. The van der Waals surface area contributed by atoms with E-state index < -0.39 is 11.6 Å². The maximum Gasteiger partial charge on any atom is 0.383 e. The topological polar surface area (TPSA) is 75.0 Å². The normalized spacial score (nSPS) is 11.2. The molecule has 6 heteroatoms. The molecule has 0 unspecified atom stereocenters. The Morgan fingerprint density at radius 2 is 1.86 bits per heavy atom. The quantitative estimate of drug-likeness (QED) is 0.369. The van der Waals surface area contributed by atoms with E-state index in [1.54, 1.807) is 18.2 Å². The fourth-order valence-electron chi connectivity index (χ4n) is 2.59. The second-order valence-electron chi connectivity index (χ2n) is 6.69. The van der Waals surface area contributed by atoms with Gasteiger partial charge in [0.2, 0.25) is 5.75 Å². The number of rotatable bonds is 8. The average Bonchev–Trinajstić information content (AvgIpc) is 2.62. The Morgan fingerprint density at radius 1 is 1.11 bits per heavy atom. The Morgan fingerprint density at radius 3 is 2.50 bits per heavy atom. The van der Waals surface area contributed by atoms with E-state index >= 15 is 0 Å². The third kappa shape index (κ3) is 5.74. The number of hydrogen-bond donors (Lipinski definition) is 0. The molecule has 28 heavy (non-hydrogen) atoms. The van der Waals surface area contributed by atoms with Crippen molar-refractivity contribution in [1.82, 2.24) is 0 Å². The van der Waals surface area contributed by atoms with Gasteiger partial charge in [-0.25, -0.2) is 4.79 Å². The first-order valence-electron chi connectivity index (χ1n) is 9.07. The number of carbonyl (C=O) groups is 1. The Kier molecular flexibility index (Phi) is 7.44. The number of fused-ring (bicyclic) bond motifs is 1. The highest BCUT2D eigenvalue weighted by molar-refractivity contribution is 5.89. The van der Waals surface area contributed by atoms with Gasteiger partial charge in [-0.2, -0.15) is 0 Å². The van der Waals surface area contributed by atoms with E-state index in [1.165, 1.54) is 19.6 Å². The van der Waals surface area contributed by atoms with Gasteiger partial charge in [0.1, 0.15) is 17.9 Å². The monoisotopic (exact) mass is 386 g/mol. The lowest BCUT2D eigenvalue weighted by Crippen LogP contribution is -2.12. The van der Waals surface area contributed by atoms with E-state index in [2.05, 4.69) is 19.9 Å². The SMILES string of the molecule is COc1ccc2c(OC(C)=O)c(OC/C=C(\C)CCC=C(C)C)c(=O)oc2c1. The zero-order valence-electron chi connectivity index (χ0n) is 17.0. The van der Waals surface area contributed by atoms with E-state index in [1.807, 2.05) is 13.0 Å². The zero-order valence-corrected chi connectivity index (χ0v) is 17.0. The molecule has 0 aliphatic carbocycles. The van der Waals surface area contributed by atoms with Crippen molar-refractivity contribution in [2.45, 2.75) is 40.5 Å². The lowest BCUT2D eigenvalue weighted by atomic mass is 10.1. The van der Waals surface area contributed by atoms with Crippen LogP contribution in [0.3, 0.4) is 0 Å². The molecule has 0 aliphatic heterocycles. The van der Waals surface area contributed by atoms with Crippen molar-refractivity contribution < 1.29 is 23.4 Å². The Bertz CT molecular complexity index is 961. The van der Waals surface area contributed by atoms with E-state index in [-0.39, 0.29) is 23.7 Å². The molecule has 6 nitrogen and oxygen atoms in total. The maximum atomic E-state index is 12.4. The van der Waals surface area contributed by atoms with E-state index in [0.29, 0.717) is 11.1 Å². The van der Waals surface area contributed by atoms with Crippen LogP contribution in [0.2, 0.25) is 0 Å². The van der Waals surface area contributed by atoms with Crippen LogP contribution in [0.1, 0.15) is 40.5 Å².